The summed E-state index contributed by atoms with van der Waals surface area (Å²) in [6, 6.07) is 5.94. The molecule has 0 bridgehead atoms. The fourth-order valence-electron chi connectivity index (χ4n) is 1.91. The van der Waals surface area contributed by atoms with Crippen LogP contribution in [0.5, 0.6) is 0 Å². The lowest BCUT2D eigenvalue weighted by Gasteiger charge is -2.21. The van der Waals surface area contributed by atoms with Crippen LogP contribution in [0.4, 0.5) is 5.69 Å². The van der Waals surface area contributed by atoms with Crippen molar-refractivity contribution in [1.82, 2.24) is 4.31 Å². The zero-order valence-corrected chi connectivity index (χ0v) is 14.9. The smallest absolute Gasteiger partial charge is 0.257 e. The van der Waals surface area contributed by atoms with Crippen LogP contribution in [0.3, 0.4) is 0 Å². The van der Waals surface area contributed by atoms with Crippen LogP contribution < -0.4 is 5.32 Å². The standard InChI is InChI=1S/C14H20Cl2N2O3S/c1-3-9-18(10-4-2)22(20,21)12-7-5-11(6-8-12)17-14(19)13(15)16/h5-8,13H,3-4,9-10H2,1-2H3,(H,17,19). The first-order chi connectivity index (χ1) is 10.3. The number of alkyl halides is 2. The van der Waals surface area contributed by atoms with Crippen LogP contribution in [0, 0.1) is 0 Å². The fourth-order valence-corrected chi connectivity index (χ4v) is 3.64. The van der Waals surface area contributed by atoms with Crippen molar-refractivity contribution in [2.45, 2.75) is 36.4 Å². The van der Waals surface area contributed by atoms with E-state index in [9.17, 15) is 13.2 Å². The van der Waals surface area contributed by atoms with Crippen molar-refractivity contribution < 1.29 is 13.2 Å². The largest absolute Gasteiger partial charge is 0.324 e. The summed E-state index contributed by atoms with van der Waals surface area (Å²) in [5.41, 5.74) is 0.438. The summed E-state index contributed by atoms with van der Waals surface area (Å²) >= 11 is 10.9. The Balaban J connectivity index is 2.94. The van der Waals surface area contributed by atoms with Gasteiger partial charge in [-0.15, -0.1) is 0 Å². The van der Waals surface area contributed by atoms with Gasteiger partial charge >= 0.3 is 0 Å². The van der Waals surface area contributed by atoms with E-state index in [1.807, 2.05) is 13.8 Å². The van der Waals surface area contributed by atoms with E-state index in [-0.39, 0.29) is 4.90 Å². The van der Waals surface area contributed by atoms with Gasteiger partial charge in [0.2, 0.25) is 10.0 Å². The molecule has 0 unspecified atom stereocenters. The summed E-state index contributed by atoms with van der Waals surface area (Å²) in [6.07, 6.45) is 1.50. The second-order valence-electron chi connectivity index (χ2n) is 4.72. The number of halogens is 2. The van der Waals surface area contributed by atoms with Gasteiger partial charge in [0.1, 0.15) is 0 Å². The predicted molar refractivity (Wildman–Crippen MR) is 89.9 cm³/mol. The molecule has 0 atom stereocenters. The van der Waals surface area contributed by atoms with Gasteiger partial charge in [-0.25, -0.2) is 8.42 Å². The minimum atomic E-state index is -3.52. The highest BCUT2D eigenvalue weighted by Crippen LogP contribution is 2.19. The minimum Gasteiger partial charge on any atom is -0.324 e. The summed E-state index contributed by atoms with van der Waals surface area (Å²) in [5, 5.41) is 2.49. The maximum Gasteiger partial charge on any atom is 0.257 e. The maximum absolute atomic E-state index is 12.6. The fraction of sp³-hybridized carbons (Fsp3) is 0.500. The number of sulfonamides is 1. The molecule has 0 saturated heterocycles. The van der Waals surface area contributed by atoms with Gasteiger partial charge in [0.25, 0.3) is 5.91 Å². The van der Waals surface area contributed by atoms with Crippen molar-refractivity contribution in [3.8, 4) is 0 Å². The van der Waals surface area contributed by atoms with Gasteiger partial charge in [-0.2, -0.15) is 4.31 Å². The molecule has 1 aromatic carbocycles. The molecule has 5 nitrogen and oxygen atoms in total. The number of nitrogens with one attached hydrogen (secondary N) is 1. The molecule has 1 amide bonds. The molecule has 0 aliphatic carbocycles. The van der Waals surface area contributed by atoms with Gasteiger partial charge in [0.05, 0.1) is 4.90 Å². The van der Waals surface area contributed by atoms with Crippen molar-refractivity contribution in [3.63, 3.8) is 0 Å². The number of nitrogens with zero attached hydrogens (tertiary/aromatic N) is 1. The van der Waals surface area contributed by atoms with E-state index in [0.29, 0.717) is 18.8 Å². The summed E-state index contributed by atoms with van der Waals surface area (Å²) < 4.78 is 26.6. The van der Waals surface area contributed by atoms with Gasteiger partial charge < -0.3 is 5.32 Å². The molecule has 124 valence electrons. The Morgan fingerprint density at radius 1 is 1.14 bits per heavy atom. The van der Waals surface area contributed by atoms with E-state index in [2.05, 4.69) is 5.32 Å². The molecule has 1 N–H and O–H groups in total. The Morgan fingerprint density at radius 2 is 1.64 bits per heavy atom. The van der Waals surface area contributed by atoms with E-state index >= 15 is 0 Å². The SMILES string of the molecule is CCCN(CCC)S(=O)(=O)c1ccc(NC(=O)C(Cl)Cl)cc1. The van der Waals surface area contributed by atoms with Crippen LogP contribution in [0.2, 0.25) is 0 Å². The zero-order chi connectivity index (χ0) is 16.8. The lowest BCUT2D eigenvalue weighted by molar-refractivity contribution is -0.114. The van der Waals surface area contributed by atoms with Gasteiger partial charge in [0.15, 0.2) is 4.84 Å². The van der Waals surface area contributed by atoms with Crippen molar-refractivity contribution in [3.05, 3.63) is 24.3 Å². The molecular weight excluding hydrogens is 347 g/mol. The molecular formula is C14H20Cl2N2O3S. The molecule has 1 rings (SSSR count). The Morgan fingerprint density at radius 3 is 2.05 bits per heavy atom. The molecule has 0 aliphatic rings. The van der Waals surface area contributed by atoms with Crippen molar-refractivity contribution in [2.75, 3.05) is 18.4 Å². The Bertz CT molecular complexity index is 583. The molecule has 0 heterocycles. The third-order valence-corrected chi connectivity index (χ3v) is 5.21. The van der Waals surface area contributed by atoms with Crippen LogP contribution in [0.25, 0.3) is 0 Å². The normalized spacial score (nSPS) is 11.9. The Hall–Kier alpha value is -0.820. The van der Waals surface area contributed by atoms with Crippen LogP contribution >= 0.6 is 23.2 Å². The van der Waals surface area contributed by atoms with E-state index in [4.69, 9.17) is 23.2 Å². The average Bonchev–Trinajstić information content (AvgIpc) is 2.47. The van der Waals surface area contributed by atoms with Gasteiger partial charge in [0, 0.05) is 18.8 Å². The summed E-state index contributed by atoms with van der Waals surface area (Å²) in [4.78, 5) is 10.4. The molecule has 0 fully saturated rings. The predicted octanol–water partition coefficient (Wildman–Crippen LogP) is 3.24. The van der Waals surface area contributed by atoms with Crippen molar-refractivity contribution in [1.29, 1.82) is 0 Å². The van der Waals surface area contributed by atoms with E-state index < -0.39 is 20.8 Å². The second-order valence-corrected chi connectivity index (χ2v) is 7.75. The third-order valence-electron chi connectivity index (χ3n) is 2.90. The van der Waals surface area contributed by atoms with E-state index in [1.54, 1.807) is 0 Å². The third kappa shape index (κ3) is 5.12. The average molecular weight is 367 g/mol. The van der Waals surface area contributed by atoms with Crippen molar-refractivity contribution >= 4 is 44.8 Å². The Kier molecular flexibility index (Phi) is 7.62. The summed E-state index contributed by atoms with van der Waals surface area (Å²) in [6.45, 7) is 4.83. The first-order valence-electron chi connectivity index (χ1n) is 7.02. The van der Waals surface area contributed by atoms with E-state index in [0.717, 1.165) is 12.8 Å². The number of hydrogen-bond acceptors (Lipinski definition) is 3. The highest BCUT2D eigenvalue weighted by Gasteiger charge is 2.23. The summed E-state index contributed by atoms with van der Waals surface area (Å²) in [5.74, 6) is -0.558. The van der Waals surface area contributed by atoms with Gasteiger partial charge in [-0.1, -0.05) is 37.0 Å². The molecule has 1 aromatic rings. The molecule has 0 aliphatic heterocycles. The molecule has 22 heavy (non-hydrogen) atoms. The van der Waals surface area contributed by atoms with Crippen LogP contribution in [-0.4, -0.2) is 36.6 Å². The molecule has 0 spiro atoms. The minimum absolute atomic E-state index is 0.195. The van der Waals surface area contributed by atoms with Crippen LogP contribution in [-0.2, 0) is 14.8 Å². The number of hydrogen-bond donors (Lipinski definition) is 1. The number of carbonyl (C=O) groups is 1. The lowest BCUT2D eigenvalue weighted by Crippen LogP contribution is -2.32. The topological polar surface area (TPSA) is 66.5 Å². The number of benzene rings is 1. The molecule has 8 heteroatoms. The molecule has 0 saturated carbocycles. The monoisotopic (exact) mass is 366 g/mol. The first kappa shape index (κ1) is 19.2. The first-order valence-corrected chi connectivity index (χ1v) is 9.33. The summed E-state index contributed by atoms with van der Waals surface area (Å²) in [7, 11) is -3.52. The van der Waals surface area contributed by atoms with E-state index in [1.165, 1.54) is 28.6 Å². The Labute approximate surface area is 141 Å². The lowest BCUT2D eigenvalue weighted by atomic mass is 10.3. The van der Waals surface area contributed by atoms with Gasteiger partial charge in [-0.05, 0) is 37.1 Å². The van der Waals surface area contributed by atoms with Gasteiger partial charge in [-0.3, -0.25) is 4.79 Å². The van der Waals surface area contributed by atoms with Crippen molar-refractivity contribution in [2.24, 2.45) is 0 Å². The highest BCUT2D eigenvalue weighted by molar-refractivity contribution is 7.89. The molecule has 0 aromatic heterocycles. The quantitative estimate of drug-likeness (QED) is 0.718. The number of rotatable bonds is 8. The number of anilines is 1. The maximum atomic E-state index is 12.6. The van der Waals surface area contributed by atoms with Crippen LogP contribution in [0.15, 0.2) is 29.2 Å². The highest BCUT2D eigenvalue weighted by atomic mass is 35.5. The zero-order valence-electron chi connectivity index (χ0n) is 12.6. The number of carbonyl (C=O) groups excluding carboxylic acids is 1. The second kappa shape index (κ2) is 8.72. The van der Waals surface area contributed by atoms with Crippen LogP contribution in [0.1, 0.15) is 26.7 Å². The number of amides is 1. The molecule has 0 radical (unpaired) electrons.